The fourth-order valence-corrected chi connectivity index (χ4v) is 3.81. The fourth-order valence-electron chi connectivity index (χ4n) is 3.81. The summed E-state index contributed by atoms with van der Waals surface area (Å²) in [6.45, 7) is 7.97. The van der Waals surface area contributed by atoms with Crippen LogP contribution in [0.3, 0.4) is 0 Å². The molecule has 0 heterocycles. The molecule has 3 aromatic carbocycles. The molecule has 0 radical (unpaired) electrons. The van der Waals surface area contributed by atoms with Crippen LogP contribution in [0.5, 0.6) is 11.5 Å². The lowest BCUT2D eigenvalue weighted by Crippen LogP contribution is -2.08. The predicted octanol–water partition coefficient (Wildman–Crippen LogP) is 6.53. The van der Waals surface area contributed by atoms with Gasteiger partial charge < -0.3 is 23.7 Å². The first kappa shape index (κ1) is 34.1. The molecule has 3 rings (SSSR count). The molecule has 0 saturated heterocycles. The maximum atomic E-state index is 12.3. The van der Waals surface area contributed by atoms with Gasteiger partial charge >= 0.3 is 23.9 Å². The zero-order valence-corrected chi connectivity index (χ0v) is 25.0. The highest BCUT2D eigenvalue weighted by Crippen LogP contribution is 2.23. The summed E-state index contributed by atoms with van der Waals surface area (Å²) < 4.78 is 26.2. The van der Waals surface area contributed by atoms with Crippen molar-refractivity contribution < 1.29 is 42.9 Å². The van der Waals surface area contributed by atoms with Gasteiger partial charge in [0, 0.05) is 18.2 Å². The standard InChI is InChI=1S/C36H36O9/c1-3-33(37)42-24-6-5-23-41-31-18-9-27(10-19-31)11-22-35(39)45-32-20-16-29(17-21-32)28-12-14-30(15-13-28)36(40)44-26-8-7-25-43-34(38)4-2/h3-4,9-22H,1-2,5-8,23-26H2/b22-11+. The number of benzene rings is 3. The van der Waals surface area contributed by atoms with E-state index < -0.39 is 23.9 Å². The van der Waals surface area contributed by atoms with Gasteiger partial charge in [0.25, 0.3) is 0 Å². The first-order valence-electron chi connectivity index (χ1n) is 14.5. The monoisotopic (exact) mass is 612 g/mol. The van der Waals surface area contributed by atoms with Crippen LogP contribution in [0.2, 0.25) is 0 Å². The van der Waals surface area contributed by atoms with E-state index in [-0.39, 0.29) is 13.2 Å². The van der Waals surface area contributed by atoms with Crippen LogP contribution in [0.1, 0.15) is 41.6 Å². The molecule has 0 atom stereocenters. The third-order valence-electron chi connectivity index (χ3n) is 6.22. The van der Waals surface area contributed by atoms with Gasteiger partial charge in [0.2, 0.25) is 0 Å². The molecule has 0 bridgehead atoms. The van der Waals surface area contributed by atoms with Crippen LogP contribution in [0, 0.1) is 0 Å². The molecular weight excluding hydrogens is 576 g/mol. The first-order chi connectivity index (χ1) is 21.9. The van der Waals surface area contributed by atoms with Gasteiger partial charge in [-0.25, -0.2) is 19.2 Å². The van der Waals surface area contributed by atoms with E-state index in [1.165, 1.54) is 6.08 Å². The topological polar surface area (TPSA) is 114 Å². The Morgan fingerprint density at radius 2 is 1.04 bits per heavy atom. The minimum Gasteiger partial charge on any atom is -0.494 e. The lowest BCUT2D eigenvalue weighted by molar-refractivity contribution is -0.138. The lowest BCUT2D eigenvalue weighted by Gasteiger charge is -2.07. The number of rotatable bonds is 18. The van der Waals surface area contributed by atoms with Crippen molar-refractivity contribution in [3.05, 3.63) is 115 Å². The third-order valence-corrected chi connectivity index (χ3v) is 6.22. The lowest BCUT2D eigenvalue weighted by atomic mass is 10.0. The highest BCUT2D eigenvalue weighted by atomic mass is 16.5. The van der Waals surface area contributed by atoms with Crippen molar-refractivity contribution in [2.45, 2.75) is 25.7 Å². The summed E-state index contributed by atoms with van der Waals surface area (Å²) in [7, 11) is 0. The third kappa shape index (κ3) is 12.8. The van der Waals surface area contributed by atoms with Gasteiger partial charge in [0.15, 0.2) is 0 Å². The molecule has 0 spiro atoms. The second-order valence-electron chi connectivity index (χ2n) is 9.57. The van der Waals surface area contributed by atoms with E-state index >= 15 is 0 Å². The summed E-state index contributed by atoms with van der Waals surface area (Å²) in [6, 6.07) is 21.3. The highest BCUT2D eigenvalue weighted by molar-refractivity contribution is 5.90. The summed E-state index contributed by atoms with van der Waals surface area (Å²) in [6.07, 6.45) is 7.83. The van der Waals surface area contributed by atoms with Gasteiger partial charge in [-0.3, -0.25) is 0 Å². The van der Waals surface area contributed by atoms with E-state index in [2.05, 4.69) is 13.2 Å². The SMILES string of the molecule is C=CC(=O)OCCCCOC(=O)c1ccc(-c2ccc(OC(=O)/C=C/c3ccc(OCCCCOC(=O)C=C)cc3)cc2)cc1. The van der Waals surface area contributed by atoms with E-state index in [0.717, 1.165) is 35.3 Å². The molecule has 9 nitrogen and oxygen atoms in total. The van der Waals surface area contributed by atoms with Gasteiger partial charge in [0.1, 0.15) is 11.5 Å². The Labute approximate surface area is 262 Å². The zero-order valence-electron chi connectivity index (χ0n) is 25.0. The Bertz CT molecular complexity index is 1450. The second kappa shape index (κ2) is 19.0. The Hall–Kier alpha value is -5.44. The molecule has 234 valence electrons. The second-order valence-corrected chi connectivity index (χ2v) is 9.57. The molecule has 0 aliphatic carbocycles. The van der Waals surface area contributed by atoms with Crippen molar-refractivity contribution in [3.8, 4) is 22.6 Å². The van der Waals surface area contributed by atoms with Gasteiger partial charge in [-0.1, -0.05) is 49.6 Å². The molecule has 0 aliphatic heterocycles. The van der Waals surface area contributed by atoms with Crippen molar-refractivity contribution in [1.82, 2.24) is 0 Å². The quantitative estimate of drug-likeness (QED) is 0.0520. The van der Waals surface area contributed by atoms with Crippen LogP contribution in [-0.2, 0) is 28.6 Å². The van der Waals surface area contributed by atoms with Gasteiger partial charge in [-0.05, 0) is 84.8 Å². The Kier molecular flexibility index (Phi) is 14.4. The van der Waals surface area contributed by atoms with Crippen LogP contribution in [0.4, 0.5) is 0 Å². The molecule has 0 amide bonds. The zero-order chi connectivity index (χ0) is 32.3. The molecule has 0 saturated carbocycles. The Morgan fingerprint density at radius 3 is 1.60 bits per heavy atom. The summed E-state index contributed by atoms with van der Waals surface area (Å²) >= 11 is 0. The van der Waals surface area contributed by atoms with Crippen LogP contribution in [0.25, 0.3) is 17.2 Å². The fraction of sp³-hybridized carbons (Fsp3) is 0.222. The summed E-state index contributed by atoms with van der Waals surface area (Å²) in [5.41, 5.74) is 3.01. The maximum Gasteiger partial charge on any atom is 0.338 e. The molecule has 45 heavy (non-hydrogen) atoms. The summed E-state index contributed by atoms with van der Waals surface area (Å²) in [5.74, 6) is -0.750. The average molecular weight is 613 g/mol. The first-order valence-corrected chi connectivity index (χ1v) is 14.5. The van der Waals surface area contributed by atoms with Crippen LogP contribution < -0.4 is 9.47 Å². The predicted molar refractivity (Wildman–Crippen MR) is 170 cm³/mol. The molecule has 0 unspecified atom stereocenters. The number of carbonyl (C=O) groups excluding carboxylic acids is 4. The van der Waals surface area contributed by atoms with Crippen molar-refractivity contribution in [2.75, 3.05) is 26.4 Å². The average Bonchev–Trinajstić information content (AvgIpc) is 3.07. The van der Waals surface area contributed by atoms with E-state index in [9.17, 15) is 19.2 Å². The number of ether oxygens (including phenoxy) is 5. The van der Waals surface area contributed by atoms with Crippen LogP contribution in [-0.4, -0.2) is 50.3 Å². The molecule has 0 aliphatic rings. The number of hydrogen-bond acceptors (Lipinski definition) is 9. The Morgan fingerprint density at radius 1 is 0.556 bits per heavy atom. The van der Waals surface area contributed by atoms with Crippen molar-refractivity contribution in [3.63, 3.8) is 0 Å². The maximum absolute atomic E-state index is 12.3. The molecule has 0 N–H and O–H groups in total. The van der Waals surface area contributed by atoms with E-state index in [0.29, 0.717) is 49.5 Å². The highest BCUT2D eigenvalue weighted by Gasteiger charge is 2.08. The van der Waals surface area contributed by atoms with Crippen molar-refractivity contribution >= 4 is 30.0 Å². The molecular formula is C36H36O9. The molecule has 0 fully saturated rings. The summed E-state index contributed by atoms with van der Waals surface area (Å²) in [4.78, 5) is 46.6. The van der Waals surface area contributed by atoms with Gasteiger partial charge in [-0.15, -0.1) is 0 Å². The van der Waals surface area contributed by atoms with Crippen molar-refractivity contribution in [1.29, 1.82) is 0 Å². The normalized spacial score (nSPS) is 10.5. The minimum absolute atomic E-state index is 0.225. The number of hydrogen-bond donors (Lipinski definition) is 0. The molecule has 3 aromatic rings. The minimum atomic E-state index is -0.513. The van der Waals surface area contributed by atoms with E-state index in [4.69, 9.17) is 23.7 Å². The van der Waals surface area contributed by atoms with E-state index in [1.54, 1.807) is 30.3 Å². The van der Waals surface area contributed by atoms with Crippen LogP contribution in [0.15, 0.2) is 104 Å². The molecule has 9 heteroatoms. The number of carbonyl (C=O) groups is 4. The van der Waals surface area contributed by atoms with Gasteiger partial charge in [-0.2, -0.15) is 0 Å². The Balaban J connectivity index is 1.38. The number of esters is 4. The number of unbranched alkanes of at least 4 members (excludes halogenated alkanes) is 2. The van der Waals surface area contributed by atoms with E-state index in [1.807, 2.05) is 48.5 Å². The summed E-state index contributed by atoms with van der Waals surface area (Å²) in [5, 5.41) is 0. The smallest absolute Gasteiger partial charge is 0.338 e. The largest absolute Gasteiger partial charge is 0.494 e. The van der Waals surface area contributed by atoms with Crippen LogP contribution >= 0.6 is 0 Å². The molecule has 0 aromatic heterocycles. The van der Waals surface area contributed by atoms with Crippen molar-refractivity contribution in [2.24, 2.45) is 0 Å². The van der Waals surface area contributed by atoms with Gasteiger partial charge in [0.05, 0.1) is 32.0 Å².